The van der Waals surface area contributed by atoms with E-state index in [0.717, 1.165) is 50.3 Å². The van der Waals surface area contributed by atoms with Gasteiger partial charge in [-0.05, 0) is 77.8 Å². The number of rotatable bonds is 1. The number of aliphatic imine (C=N–C) groups is 2. The van der Waals surface area contributed by atoms with Gasteiger partial charge in [0.1, 0.15) is 5.75 Å². The summed E-state index contributed by atoms with van der Waals surface area (Å²) in [5, 5.41) is 17.6. The van der Waals surface area contributed by atoms with Gasteiger partial charge in [-0.2, -0.15) is 0 Å². The Morgan fingerprint density at radius 3 is 2.39 bits per heavy atom. The molecule has 150 valence electrons. The Kier molecular flexibility index (Phi) is 4.18. The van der Waals surface area contributed by atoms with Gasteiger partial charge in [0.2, 0.25) is 0 Å². The monoisotopic (exact) mass is 422 g/mol. The fourth-order valence-electron chi connectivity index (χ4n) is 3.88. The summed E-state index contributed by atoms with van der Waals surface area (Å²) in [5.74, 6) is 0.244. The van der Waals surface area contributed by atoms with Crippen LogP contribution in [0.2, 0.25) is 0 Å². The number of aromatic hydroxyl groups is 1. The van der Waals surface area contributed by atoms with Gasteiger partial charge in [0.05, 0.1) is 33.9 Å². The number of fused-ring (bicyclic) bond motifs is 6. The largest absolute Gasteiger partial charge is 0.508 e. The molecule has 0 radical (unpaired) electrons. The first-order valence-corrected chi connectivity index (χ1v) is 10.9. The van der Waals surface area contributed by atoms with Crippen LogP contribution in [0, 0.1) is 0 Å². The lowest BCUT2D eigenvalue weighted by atomic mass is 10.0. The lowest BCUT2D eigenvalue weighted by molar-refractivity contribution is 0.475. The summed E-state index contributed by atoms with van der Waals surface area (Å²) in [7, 11) is 0. The molecule has 0 aliphatic carbocycles. The van der Waals surface area contributed by atoms with Gasteiger partial charge >= 0.3 is 0 Å². The number of aromatic amines is 1. The zero-order chi connectivity index (χ0) is 20.8. The maximum Gasteiger partial charge on any atom is 0.115 e. The minimum Gasteiger partial charge on any atom is -0.508 e. The average Bonchev–Trinajstić information content (AvgIpc) is 3.55. The van der Waals surface area contributed by atoms with E-state index in [9.17, 15) is 5.11 Å². The Labute approximate surface area is 183 Å². The Hall–Kier alpha value is -3.77. The van der Waals surface area contributed by atoms with Gasteiger partial charge in [0.15, 0.2) is 0 Å². The van der Waals surface area contributed by atoms with Gasteiger partial charge in [-0.15, -0.1) is 11.8 Å². The van der Waals surface area contributed by atoms with Crippen LogP contribution in [0.1, 0.15) is 5.56 Å². The first kappa shape index (κ1) is 18.0. The number of hydrogen-bond acceptors (Lipinski definition) is 5. The van der Waals surface area contributed by atoms with E-state index in [1.54, 1.807) is 23.9 Å². The zero-order valence-corrected chi connectivity index (χ0v) is 17.2. The number of phenols is 1. The molecular formula is C25H18N4OS. The smallest absolute Gasteiger partial charge is 0.115 e. The van der Waals surface area contributed by atoms with Gasteiger partial charge < -0.3 is 15.4 Å². The van der Waals surface area contributed by atoms with Crippen molar-refractivity contribution < 1.29 is 5.11 Å². The third-order valence-corrected chi connectivity index (χ3v) is 6.24. The average molecular weight is 423 g/mol. The molecule has 2 aromatic rings. The standard InChI is InChI=1S/C25H18N4OS/c30-21-8-1-15(2-9-21)25-22-10-7-19(28-22)12-18-4-3-16(26-18)11-17-5-6-20(27-17)13-24-29-23(25)14-31-24/h1-14,24,26,29-30H. The first-order valence-electron chi connectivity index (χ1n) is 10.00. The molecule has 1 aromatic carbocycles. The van der Waals surface area contributed by atoms with Crippen LogP contribution in [0.25, 0.3) is 17.7 Å². The summed E-state index contributed by atoms with van der Waals surface area (Å²) in [6, 6.07) is 11.3. The van der Waals surface area contributed by atoms with Crippen LogP contribution < -0.4 is 16.0 Å². The quantitative estimate of drug-likeness (QED) is 0.661. The van der Waals surface area contributed by atoms with Crippen molar-refractivity contribution in [2.24, 2.45) is 9.98 Å². The van der Waals surface area contributed by atoms with E-state index in [0.29, 0.717) is 0 Å². The van der Waals surface area contributed by atoms with E-state index >= 15 is 0 Å². The molecule has 3 N–H and O–H groups in total. The Bertz CT molecular complexity index is 1430. The van der Waals surface area contributed by atoms with Crippen molar-refractivity contribution in [1.82, 2.24) is 10.3 Å². The Morgan fingerprint density at radius 1 is 0.839 bits per heavy atom. The normalized spacial score (nSPS) is 21.1. The second-order valence-corrected chi connectivity index (χ2v) is 8.54. The molecule has 0 fully saturated rings. The molecule has 1 atom stereocenters. The Morgan fingerprint density at radius 2 is 1.58 bits per heavy atom. The maximum atomic E-state index is 9.75. The summed E-state index contributed by atoms with van der Waals surface area (Å²) in [5.41, 5.74) is 6.64. The van der Waals surface area contributed by atoms with Crippen molar-refractivity contribution in [1.29, 1.82) is 0 Å². The topological polar surface area (TPSA) is 72.8 Å². The predicted octanol–water partition coefficient (Wildman–Crippen LogP) is 3.12. The second kappa shape index (κ2) is 7.18. The van der Waals surface area contributed by atoms with Crippen LogP contribution in [0.4, 0.5) is 0 Å². The highest BCUT2D eigenvalue weighted by molar-refractivity contribution is 8.03. The van der Waals surface area contributed by atoms with Crippen LogP contribution in [0.3, 0.4) is 0 Å². The number of allylic oxidation sites excluding steroid dienone is 5. The van der Waals surface area contributed by atoms with Crippen molar-refractivity contribution >= 4 is 40.9 Å². The van der Waals surface area contributed by atoms with E-state index < -0.39 is 0 Å². The summed E-state index contributed by atoms with van der Waals surface area (Å²) in [6.07, 6.45) is 14.3. The van der Waals surface area contributed by atoms with Gasteiger partial charge in [-0.1, -0.05) is 12.1 Å². The molecule has 0 saturated heterocycles. The lowest BCUT2D eigenvalue weighted by Crippen LogP contribution is -2.19. The highest BCUT2D eigenvalue weighted by Crippen LogP contribution is 2.36. The lowest BCUT2D eigenvalue weighted by Gasteiger charge is -2.14. The number of aromatic nitrogens is 1. The molecule has 5 nitrogen and oxygen atoms in total. The van der Waals surface area contributed by atoms with Crippen molar-refractivity contribution in [3.63, 3.8) is 0 Å². The van der Waals surface area contributed by atoms with Gasteiger partial charge in [-0.3, -0.25) is 0 Å². The number of nitrogens with zero attached hydrogens (tertiary/aromatic N) is 2. The molecule has 0 spiro atoms. The summed E-state index contributed by atoms with van der Waals surface area (Å²) >= 11 is 1.71. The molecule has 5 heterocycles. The third kappa shape index (κ3) is 3.51. The van der Waals surface area contributed by atoms with Crippen molar-refractivity contribution in [3.05, 3.63) is 106 Å². The molecule has 4 aliphatic heterocycles. The molecule has 0 saturated carbocycles. The van der Waals surface area contributed by atoms with Crippen LogP contribution in [-0.4, -0.2) is 26.9 Å². The van der Waals surface area contributed by atoms with E-state index in [4.69, 9.17) is 9.98 Å². The van der Waals surface area contributed by atoms with Crippen molar-refractivity contribution in [2.45, 2.75) is 5.37 Å². The highest BCUT2D eigenvalue weighted by atomic mass is 32.2. The van der Waals surface area contributed by atoms with E-state index in [2.05, 4.69) is 21.8 Å². The van der Waals surface area contributed by atoms with Gasteiger partial charge in [0.25, 0.3) is 0 Å². The number of hydrogen-bond donors (Lipinski definition) is 3. The van der Waals surface area contributed by atoms with Gasteiger partial charge in [-0.25, -0.2) is 9.98 Å². The first-order chi connectivity index (χ1) is 15.2. The fourth-order valence-corrected chi connectivity index (χ4v) is 4.76. The summed E-state index contributed by atoms with van der Waals surface area (Å²) < 4.78 is 0. The number of benzene rings is 1. The summed E-state index contributed by atoms with van der Waals surface area (Å²) in [4.78, 5) is 13.0. The number of H-pyrrole nitrogens is 1. The molecule has 31 heavy (non-hydrogen) atoms. The van der Waals surface area contributed by atoms with E-state index in [1.165, 1.54) is 0 Å². The molecule has 4 aliphatic rings. The zero-order valence-electron chi connectivity index (χ0n) is 16.4. The number of thioether (sulfide) groups is 1. The predicted molar refractivity (Wildman–Crippen MR) is 128 cm³/mol. The third-order valence-electron chi connectivity index (χ3n) is 5.32. The maximum absolute atomic E-state index is 9.75. The van der Waals surface area contributed by atoms with Gasteiger partial charge in [0, 0.05) is 16.3 Å². The molecular weight excluding hydrogens is 404 g/mol. The SMILES string of the molecule is Oc1ccc(C2=C3C=CC(=N3)C=c3ccc([nH]3)=CC3=NC(=CC4NC2=CS4)C=C3)cc1. The minimum atomic E-state index is 0.0795. The van der Waals surface area contributed by atoms with Crippen molar-refractivity contribution in [2.75, 3.05) is 0 Å². The molecule has 1 aromatic heterocycles. The van der Waals surface area contributed by atoms with Crippen LogP contribution in [0.15, 0.2) is 99.3 Å². The molecule has 6 rings (SSSR count). The number of phenolic OH excluding ortho intramolecular Hbond substituents is 1. The molecule has 8 bridgehead atoms. The number of nitrogens with one attached hydrogen (secondary N) is 2. The molecule has 1 unspecified atom stereocenters. The van der Waals surface area contributed by atoms with Crippen molar-refractivity contribution in [3.8, 4) is 5.75 Å². The fraction of sp³-hybridized carbons (Fsp3) is 0.0400. The molecule has 6 heteroatoms. The highest BCUT2D eigenvalue weighted by Gasteiger charge is 2.23. The minimum absolute atomic E-state index is 0.0795. The Balaban J connectivity index is 1.54. The van der Waals surface area contributed by atoms with Crippen LogP contribution >= 0.6 is 11.8 Å². The van der Waals surface area contributed by atoms with E-state index in [1.807, 2.05) is 60.7 Å². The summed E-state index contributed by atoms with van der Waals surface area (Å²) in [6.45, 7) is 0. The van der Waals surface area contributed by atoms with Crippen LogP contribution in [0.5, 0.6) is 5.75 Å². The second-order valence-electron chi connectivity index (χ2n) is 7.53. The van der Waals surface area contributed by atoms with Crippen LogP contribution in [-0.2, 0) is 0 Å². The molecule has 0 amide bonds. The van der Waals surface area contributed by atoms with E-state index in [-0.39, 0.29) is 11.1 Å².